The van der Waals surface area contributed by atoms with Gasteiger partial charge in [-0.25, -0.2) is 9.89 Å². The van der Waals surface area contributed by atoms with Gasteiger partial charge < -0.3 is 4.74 Å². The molecule has 0 saturated heterocycles. The summed E-state index contributed by atoms with van der Waals surface area (Å²) >= 11 is 0. The molecular weight excluding hydrogens is 270 g/mol. The normalized spacial score (nSPS) is 11.0. The highest BCUT2D eigenvalue weighted by Gasteiger charge is 2.03. The molecule has 0 spiro atoms. The number of anilines is 1. The molecule has 2 aromatic rings. The number of H-pyrrole nitrogens is 1. The smallest absolute Gasteiger partial charge is 0.363 e. The number of ether oxygens (including phenoxy) is 1. The third-order valence-electron chi connectivity index (χ3n) is 2.53. The molecule has 0 aliphatic rings. The van der Waals surface area contributed by atoms with Gasteiger partial charge in [-0.05, 0) is 32.9 Å². The van der Waals surface area contributed by atoms with Crippen molar-refractivity contribution in [2.24, 2.45) is 5.10 Å². The van der Waals surface area contributed by atoms with Gasteiger partial charge in [0.2, 0.25) is 0 Å². The van der Waals surface area contributed by atoms with Crippen molar-refractivity contribution in [3.8, 4) is 5.75 Å². The van der Waals surface area contributed by atoms with Crippen LogP contribution in [-0.2, 0) is 0 Å². The topological polar surface area (TPSA) is 92.3 Å². The fraction of sp³-hybridized carbons (Fsp3) is 0.286. The second kappa shape index (κ2) is 6.65. The number of nitrogens with one attached hydrogen (secondary N) is 2. The van der Waals surface area contributed by atoms with E-state index >= 15 is 0 Å². The number of hydrogen-bond donors (Lipinski definition) is 2. The number of nitrogens with zero attached hydrogens (tertiary/aromatic N) is 3. The molecule has 0 unspecified atom stereocenters. The zero-order valence-electron chi connectivity index (χ0n) is 12.1. The quantitative estimate of drug-likeness (QED) is 0.645. The van der Waals surface area contributed by atoms with Crippen molar-refractivity contribution in [1.29, 1.82) is 0 Å². The van der Waals surface area contributed by atoms with Gasteiger partial charge in [0.25, 0.3) is 0 Å². The minimum absolute atomic E-state index is 0.0771. The second-order valence-corrected chi connectivity index (χ2v) is 4.65. The summed E-state index contributed by atoms with van der Waals surface area (Å²) in [5, 5.41) is 10.1. The lowest BCUT2D eigenvalue weighted by atomic mass is 10.2. The van der Waals surface area contributed by atoms with Gasteiger partial charge >= 0.3 is 5.69 Å². The van der Waals surface area contributed by atoms with Gasteiger partial charge in [-0.2, -0.15) is 15.2 Å². The summed E-state index contributed by atoms with van der Waals surface area (Å²) in [6.45, 7) is 5.64. The summed E-state index contributed by atoms with van der Waals surface area (Å²) in [4.78, 5) is 14.9. The molecule has 2 N–H and O–H groups in total. The maximum atomic E-state index is 11.1. The van der Waals surface area contributed by atoms with E-state index in [2.05, 4.69) is 25.7 Å². The lowest BCUT2D eigenvalue weighted by molar-refractivity contribution is 0.242. The van der Waals surface area contributed by atoms with Crippen molar-refractivity contribution >= 4 is 12.0 Å². The monoisotopic (exact) mass is 287 g/mol. The maximum Gasteiger partial charge on any atom is 0.363 e. The number of aromatic amines is 1. The molecular formula is C14H17N5O2. The summed E-state index contributed by atoms with van der Waals surface area (Å²) in [6, 6.07) is 7.56. The predicted molar refractivity (Wildman–Crippen MR) is 80.8 cm³/mol. The van der Waals surface area contributed by atoms with Crippen molar-refractivity contribution in [2.45, 2.75) is 26.9 Å². The highest BCUT2D eigenvalue weighted by atomic mass is 16.5. The lowest BCUT2D eigenvalue weighted by Crippen LogP contribution is -2.15. The molecule has 0 saturated carbocycles. The van der Waals surface area contributed by atoms with Crippen molar-refractivity contribution in [3.63, 3.8) is 0 Å². The van der Waals surface area contributed by atoms with Crippen LogP contribution in [0.4, 0.5) is 5.82 Å². The van der Waals surface area contributed by atoms with Crippen LogP contribution in [0.2, 0.25) is 0 Å². The zero-order valence-corrected chi connectivity index (χ0v) is 12.1. The van der Waals surface area contributed by atoms with E-state index in [0.717, 1.165) is 11.3 Å². The summed E-state index contributed by atoms with van der Waals surface area (Å²) in [5.41, 5.74) is 3.56. The Morgan fingerprint density at radius 2 is 2.14 bits per heavy atom. The average Bonchev–Trinajstić information content (AvgIpc) is 2.44. The molecule has 110 valence electrons. The van der Waals surface area contributed by atoms with Crippen LogP contribution in [0.3, 0.4) is 0 Å². The number of benzene rings is 1. The number of rotatable bonds is 5. The molecule has 1 heterocycles. The standard InChI is InChI=1S/C14H17N5O2/c1-9(2)21-12-7-5-4-6-11(12)8-15-18-13-10(3)17-19-14(20)16-13/h4-9H,1-3H3,(H2,16,18,19,20)/b15-8+. The lowest BCUT2D eigenvalue weighted by Gasteiger charge is -2.11. The molecule has 7 heteroatoms. The van der Waals surface area contributed by atoms with E-state index in [1.54, 1.807) is 13.1 Å². The van der Waals surface area contributed by atoms with E-state index in [1.165, 1.54) is 0 Å². The Morgan fingerprint density at radius 1 is 1.38 bits per heavy atom. The zero-order chi connectivity index (χ0) is 15.2. The molecule has 0 atom stereocenters. The molecule has 7 nitrogen and oxygen atoms in total. The number of aromatic nitrogens is 3. The summed E-state index contributed by atoms with van der Waals surface area (Å²) < 4.78 is 5.69. The summed E-state index contributed by atoms with van der Waals surface area (Å²) in [6.07, 6.45) is 1.69. The van der Waals surface area contributed by atoms with Crippen LogP contribution >= 0.6 is 0 Å². The van der Waals surface area contributed by atoms with Crippen LogP contribution in [0.1, 0.15) is 25.1 Å². The average molecular weight is 287 g/mol. The molecule has 0 fully saturated rings. The van der Waals surface area contributed by atoms with Crippen molar-refractivity contribution < 1.29 is 4.74 Å². The Bertz CT molecular complexity index is 694. The summed E-state index contributed by atoms with van der Waals surface area (Å²) in [5.74, 6) is 1.06. The van der Waals surface area contributed by atoms with E-state index < -0.39 is 5.69 Å². The van der Waals surface area contributed by atoms with E-state index in [-0.39, 0.29) is 6.10 Å². The molecule has 0 amide bonds. The van der Waals surface area contributed by atoms with Gasteiger partial charge in [-0.1, -0.05) is 12.1 Å². The first kappa shape index (κ1) is 14.7. The van der Waals surface area contributed by atoms with Crippen LogP contribution in [0.25, 0.3) is 0 Å². The molecule has 2 rings (SSSR count). The number of aryl methyl sites for hydroxylation is 1. The first-order valence-electron chi connectivity index (χ1n) is 6.54. The molecule has 1 aromatic heterocycles. The van der Waals surface area contributed by atoms with Gasteiger partial charge in [-0.15, -0.1) is 0 Å². The number of hydrogen-bond acceptors (Lipinski definition) is 6. The molecule has 0 bridgehead atoms. The maximum absolute atomic E-state index is 11.1. The Labute approximate surface area is 122 Å². The largest absolute Gasteiger partial charge is 0.490 e. The van der Waals surface area contributed by atoms with Crippen molar-refractivity contribution in [3.05, 3.63) is 46.0 Å². The minimum atomic E-state index is -0.526. The molecule has 0 radical (unpaired) electrons. The van der Waals surface area contributed by atoms with Crippen molar-refractivity contribution in [1.82, 2.24) is 15.2 Å². The first-order valence-corrected chi connectivity index (χ1v) is 6.54. The van der Waals surface area contributed by atoms with E-state index in [0.29, 0.717) is 11.5 Å². The number of hydrazone groups is 1. The Hall–Kier alpha value is -2.70. The predicted octanol–water partition coefficient (Wildman–Crippen LogP) is 1.71. The van der Waals surface area contributed by atoms with E-state index in [4.69, 9.17) is 4.74 Å². The van der Waals surface area contributed by atoms with Crippen molar-refractivity contribution in [2.75, 3.05) is 5.43 Å². The molecule has 0 aliphatic heterocycles. The van der Waals surface area contributed by atoms with Gasteiger partial charge in [0.05, 0.1) is 12.3 Å². The number of para-hydroxylation sites is 1. The van der Waals surface area contributed by atoms with Crippen LogP contribution in [0.5, 0.6) is 5.75 Å². The van der Waals surface area contributed by atoms with E-state index in [9.17, 15) is 4.79 Å². The summed E-state index contributed by atoms with van der Waals surface area (Å²) in [7, 11) is 0. The van der Waals surface area contributed by atoms with Gasteiger partial charge in [-0.3, -0.25) is 5.43 Å². The fourth-order valence-electron chi connectivity index (χ4n) is 1.61. The van der Waals surface area contributed by atoms with Crippen LogP contribution in [0, 0.1) is 6.92 Å². The minimum Gasteiger partial charge on any atom is -0.490 e. The van der Waals surface area contributed by atoms with Gasteiger partial charge in [0.1, 0.15) is 11.4 Å². The Morgan fingerprint density at radius 3 is 2.90 bits per heavy atom. The third-order valence-corrected chi connectivity index (χ3v) is 2.53. The molecule has 0 aliphatic carbocycles. The fourth-order valence-corrected chi connectivity index (χ4v) is 1.61. The van der Waals surface area contributed by atoms with Crippen LogP contribution in [0.15, 0.2) is 34.2 Å². The first-order chi connectivity index (χ1) is 10.1. The van der Waals surface area contributed by atoms with Gasteiger partial charge in [0, 0.05) is 5.56 Å². The van der Waals surface area contributed by atoms with Crippen LogP contribution in [-0.4, -0.2) is 27.5 Å². The molecule has 1 aromatic carbocycles. The highest BCUT2D eigenvalue weighted by molar-refractivity contribution is 5.83. The highest BCUT2D eigenvalue weighted by Crippen LogP contribution is 2.17. The Kier molecular flexibility index (Phi) is 4.65. The third kappa shape index (κ3) is 4.13. The van der Waals surface area contributed by atoms with Crippen LogP contribution < -0.4 is 15.9 Å². The SMILES string of the molecule is Cc1n[nH]c(=O)nc1N/N=C/c1ccccc1OC(C)C. The molecule has 21 heavy (non-hydrogen) atoms. The Balaban J connectivity index is 2.14. The van der Waals surface area contributed by atoms with E-state index in [1.807, 2.05) is 38.1 Å². The second-order valence-electron chi connectivity index (χ2n) is 4.65. The van der Waals surface area contributed by atoms with Gasteiger partial charge in [0.15, 0.2) is 5.82 Å².